The zero-order valence-corrected chi connectivity index (χ0v) is 16.7. The molecule has 0 aliphatic carbocycles. The summed E-state index contributed by atoms with van der Waals surface area (Å²) in [5.41, 5.74) is 3.76. The summed E-state index contributed by atoms with van der Waals surface area (Å²) in [5, 5.41) is 3.90. The highest BCUT2D eigenvalue weighted by atomic mass is 19.4. The number of benzene rings is 2. The quantitative estimate of drug-likeness (QED) is 0.590. The summed E-state index contributed by atoms with van der Waals surface area (Å²) in [6, 6.07) is 8.66. The molecule has 4 rings (SSSR count). The molecule has 0 bridgehead atoms. The largest absolute Gasteiger partial charge is 0.416 e. The van der Waals surface area contributed by atoms with Crippen LogP contribution in [0.4, 0.5) is 18.9 Å². The predicted molar refractivity (Wildman–Crippen MR) is 105 cm³/mol. The molecule has 156 valence electrons. The SMILES string of the molecule is Cc1cc(C)c(N2CC(c3nc(-c4ccc(C(F)(F)F)cc4)no3)CC2=O)c(C)c1. The van der Waals surface area contributed by atoms with Crippen molar-refractivity contribution in [1.29, 1.82) is 0 Å². The van der Waals surface area contributed by atoms with Gasteiger partial charge < -0.3 is 9.42 Å². The maximum absolute atomic E-state index is 12.7. The molecular formula is C22H20F3N3O2. The number of anilines is 1. The van der Waals surface area contributed by atoms with Crippen LogP contribution in [0.5, 0.6) is 0 Å². The summed E-state index contributed by atoms with van der Waals surface area (Å²) in [5.74, 6) is 0.216. The van der Waals surface area contributed by atoms with Gasteiger partial charge in [-0.15, -0.1) is 0 Å². The topological polar surface area (TPSA) is 59.2 Å². The molecule has 1 unspecified atom stereocenters. The standard InChI is InChI=1S/C22H20F3N3O2/c1-12-8-13(2)19(14(3)9-12)28-11-16(10-18(28)29)21-26-20(27-30-21)15-4-6-17(7-5-15)22(23,24)25/h4-9,16H,10-11H2,1-3H3. The molecule has 1 aromatic heterocycles. The zero-order chi connectivity index (χ0) is 21.6. The van der Waals surface area contributed by atoms with Gasteiger partial charge in [0.1, 0.15) is 0 Å². The van der Waals surface area contributed by atoms with Gasteiger partial charge in [-0.1, -0.05) is 35.0 Å². The Morgan fingerprint density at radius 2 is 1.70 bits per heavy atom. The van der Waals surface area contributed by atoms with E-state index in [-0.39, 0.29) is 24.1 Å². The van der Waals surface area contributed by atoms with E-state index in [0.29, 0.717) is 18.0 Å². The van der Waals surface area contributed by atoms with E-state index in [9.17, 15) is 18.0 Å². The van der Waals surface area contributed by atoms with Gasteiger partial charge in [0.15, 0.2) is 0 Å². The number of hydrogen-bond acceptors (Lipinski definition) is 4. The number of amides is 1. The molecule has 0 saturated carbocycles. The lowest BCUT2D eigenvalue weighted by molar-refractivity contribution is -0.137. The first-order valence-corrected chi connectivity index (χ1v) is 9.53. The molecule has 1 amide bonds. The molecule has 3 aromatic rings. The summed E-state index contributed by atoms with van der Waals surface area (Å²) in [4.78, 5) is 18.8. The number of nitrogens with zero attached hydrogens (tertiary/aromatic N) is 3. The molecule has 0 N–H and O–H groups in total. The van der Waals surface area contributed by atoms with E-state index in [0.717, 1.165) is 34.5 Å². The van der Waals surface area contributed by atoms with Crippen LogP contribution in [0.25, 0.3) is 11.4 Å². The number of aryl methyl sites for hydroxylation is 3. The third kappa shape index (κ3) is 3.69. The van der Waals surface area contributed by atoms with Gasteiger partial charge >= 0.3 is 6.18 Å². The minimum atomic E-state index is -4.40. The maximum Gasteiger partial charge on any atom is 0.416 e. The van der Waals surface area contributed by atoms with Crippen molar-refractivity contribution >= 4 is 11.6 Å². The summed E-state index contributed by atoms with van der Waals surface area (Å²) in [6.07, 6.45) is -4.16. The van der Waals surface area contributed by atoms with E-state index in [1.807, 2.05) is 32.9 Å². The van der Waals surface area contributed by atoms with Crippen LogP contribution in [-0.2, 0) is 11.0 Å². The fraction of sp³-hybridized carbons (Fsp3) is 0.318. The smallest absolute Gasteiger partial charge is 0.339 e. The number of hydrogen-bond donors (Lipinski definition) is 0. The van der Waals surface area contributed by atoms with Crippen molar-refractivity contribution in [2.75, 3.05) is 11.4 Å². The summed E-state index contributed by atoms with van der Waals surface area (Å²) in [7, 11) is 0. The molecule has 1 aliphatic rings. The van der Waals surface area contributed by atoms with Crippen LogP contribution in [0.2, 0.25) is 0 Å². The Bertz CT molecular complexity index is 1080. The van der Waals surface area contributed by atoms with Gasteiger partial charge in [0.05, 0.1) is 11.5 Å². The highest BCUT2D eigenvalue weighted by Gasteiger charge is 2.36. The molecule has 0 radical (unpaired) electrons. The Hall–Kier alpha value is -3.16. The Kier molecular flexibility index (Phi) is 4.88. The average molecular weight is 415 g/mol. The van der Waals surface area contributed by atoms with Gasteiger partial charge in [0.25, 0.3) is 0 Å². The number of aromatic nitrogens is 2. The second-order valence-electron chi connectivity index (χ2n) is 7.68. The van der Waals surface area contributed by atoms with Crippen molar-refractivity contribution in [3.8, 4) is 11.4 Å². The predicted octanol–water partition coefficient (Wildman–Crippen LogP) is 5.20. The van der Waals surface area contributed by atoms with Crippen LogP contribution in [0.1, 0.15) is 40.5 Å². The lowest BCUT2D eigenvalue weighted by Crippen LogP contribution is -2.26. The summed E-state index contributed by atoms with van der Waals surface area (Å²) < 4.78 is 43.6. The minimum absolute atomic E-state index is 0.0238. The number of carbonyl (C=O) groups excluding carboxylic acids is 1. The normalized spacial score (nSPS) is 17.1. The van der Waals surface area contributed by atoms with E-state index in [1.54, 1.807) is 4.90 Å². The fourth-order valence-electron chi connectivity index (χ4n) is 4.01. The van der Waals surface area contributed by atoms with Crippen LogP contribution in [0.3, 0.4) is 0 Å². The van der Waals surface area contributed by atoms with Crippen molar-refractivity contribution in [3.05, 3.63) is 64.5 Å². The van der Waals surface area contributed by atoms with Crippen molar-refractivity contribution in [3.63, 3.8) is 0 Å². The van der Waals surface area contributed by atoms with Crippen LogP contribution in [-0.4, -0.2) is 22.6 Å². The Morgan fingerprint density at radius 1 is 1.07 bits per heavy atom. The highest BCUT2D eigenvalue weighted by Crippen LogP contribution is 2.36. The molecular weight excluding hydrogens is 395 g/mol. The first-order chi connectivity index (χ1) is 14.1. The van der Waals surface area contributed by atoms with E-state index >= 15 is 0 Å². The lowest BCUT2D eigenvalue weighted by Gasteiger charge is -2.21. The van der Waals surface area contributed by atoms with Crippen molar-refractivity contribution in [1.82, 2.24) is 10.1 Å². The third-order valence-corrected chi connectivity index (χ3v) is 5.29. The fourth-order valence-corrected chi connectivity index (χ4v) is 4.01. The van der Waals surface area contributed by atoms with Gasteiger partial charge in [-0.25, -0.2) is 0 Å². The van der Waals surface area contributed by atoms with E-state index in [4.69, 9.17) is 4.52 Å². The molecule has 2 aromatic carbocycles. The second-order valence-corrected chi connectivity index (χ2v) is 7.68. The first kappa shape index (κ1) is 20.1. The first-order valence-electron chi connectivity index (χ1n) is 9.53. The minimum Gasteiger partial charge on any atom is -0.339 e. The molecule has 0 spiro atoms. The molecule has 5 nitrogen and oxygen atoms in total. The van der Waals surface area contributed by atoms with E-state index < -0.39 is 11.7 Å². The molecule has 1 atom stereocenters. The van der Waals surface area contributed by atoms with Gasteiger partial charge in [-0.05, 0) is 44.0 Å². The number of rotatable bonds is 3. The van der Waals surface area contributed by atoms with Gasteiger partial charge in [-0.3, -0.25) is 4.79 Å². The Balaban J connectivity index is 1.56. The number of halogens is 3. The zero-order valence-electron chi connectivity index (χ0n) is 16.7. The van der Waals surface area contributed by atoms with E-state index in [2.05, 4.69) is 10.1 Å². The third-order valence-electron chi connectivity index (χ3n) is 5.29. The summed E-state index contributed by atoms with van der Waals surface area (Å²) >= 11 is 0. The highest BCUT2D eigenvalue weighted by molar-refractivity contribution is 5.97. The van der Waals surface area contributed by atoms with Gasteiger partial charge in [-0.2, -0.15) is 18.2 Å². The Labute approximate surface area is 171 Å². The molecule has 1 saturated heterocycles. The maximum atomic E-state index is 12.7. The molecule has 1 fully saturated rings. The Morgan fingerprint density at radius 3 is 2.30 bits per heavy atom. The van der Waals surface area contributed by atoms with Crippen LogP contribution in [0.15, 0.2) is 40.9 Å². The number of alkyl halides is 3. The number of carbonyl (C=O) groups is 1. The van der Waals surface area contributed by atoms with Crippen LogP contribution in [0, 0.1) is 20.8 Å². The molecule has 1 aliphatic heterocycles. The van der Waals surface area contributed by atoms with Crippen LogP contribution >= 0.6 is 0 Å². The second kappa shape index (κ2) is 7.27. The summed E-state index contributed by atoms with van der Waals surface area (Å²) in [6.45, 7) is 6.38. The lowest BCUT2D eigenvalue weighted by atomic mass is 10.0. The van der Waals surface area contributed by atoms with Gasteiger partial charge in [0, 0.05) is 24.2 Å². The van der Waals surface area contributed by atoms with Crippen molar-refractivity contribution in [2.24, 2.45) is 0 Å². The van der Waals surface area contributed by atoms with Crippen LogP contribution < -0.4 is 4.90 Å². The molecule has 2 heterocycles. The molecule has 30 heavy (non-hydrogen) atoms. The average Bonchev–Trinajstić information content (AvgIpc) is 3.28. The van der Waals surface area contributed by atoms with E-state index in [1.165, 1.54) is 12.1 Å². The monoisotopic (exact) mass is 415 g/mol. The van der Waals surface area contributed by atoms with Crippen molar-refractivity contribution in [2.45, 2.75) is 39.3 Å². The molecule has 8 heteroatoms. The van der Waals surface area contributed by atoms with Gasteiger partial charge in [0.2, 0.25) is 17.6 Å². The van der Waals surface area contributed by atoms with Crippen molar-refractivity contribution < 1.29 is 22.5 Å².